The molecular formula is C24H26N4O2S. The van der Waals surface area contributed by atoms with E-state index in [1.165, 1.54) is 0 Å². The van der Waals surface area contributed by atoms with Crippen LogP contribution in [0.5, 0.6) is 11.5 Å². The lowest BCUT2D eigenvalue weighted by atomic mass is 10.0. The van der Waals surface area contributed by atoms with Crippen LogP contribution in [0.15, 0.2) is 60.2 Å². The van der Waals surface area contributed by atoms with E-state index >= 15 is 0 Å². The van der Waals surface area contributed by atoms with Crippen LogP contribution in [0.25, 0.3) is 21.3 Å². The van der Waals surface area contributed by atoms with E-state index in [0.717, 1.165) is 44.2 Å². The highest BCUT2D eigenvalue weighted by molar-refractivity contribution is 7.17. The maximum absolute atomic E-state index is 5.59. The molecule has 6 nitrogen and oxygen atoms in total. The number of nitrogens with one attached hydrogen (secondary N) is 1. The average Bonchev–Trinajstić information content (AvgIpc) is 3.24. The van der Waals surface area contributed by atoms with Gasteiger partial charge in [0.25, 0.3) is 0 Å². The van der Waals surface area contributed by atoms with Crippen molar-refractivity contribution < 1.29 is 9.47 Å². The summed E-state index contributed by atoms with van der Waals surface area (Å²) in [5.74, 6) is 2.55. The highest BCUT2D eigenvalue weighted by Gasteiger charge is 2.20. The minimum Gasteiger partial charge on any atom is -0.497 e. The molecule has 0 aliphatic rings. The minimum atomic E-state index is 0.115. The molecule has 2 aromatic carbocycles. The number of likely N-dealkylation sites (N-methyl/N-ethyl adjacent to an activating group) is 1. The third-order valence-corrected chi connectivity index (χ3v) is 6.24. The third kappa shape index (κ3) is 4.33. The van der Waals surface area contributed by atoms with E-state index in [0.29, 0.717) is 6.54 Å². The molecule has 0 spiro atoms. The van der Waals surface area contributed by atoms with Crippen molar-refractivity contribution in [2.24, 2.45) is 0 Å². The van der Waals surface area contributed by atoms with Gasteiger partial charge in [-0.1, -0.05) is 30.3 Å². The summed E-state index contributed by atoms with van der Waals surface area (Å²) in [6.07, 6.45) is 1.62. The summed E-state index contributed by atoms with van der Waals surface area (Å²) < 4.78 is 10.9. The maximum atomic E-state index is 5.59. The molecule has 0 radical (unpaired) electrons. The number of thiophene rings is 1. The first kappa shape index (κ1) is 21.1. The molecule has 1 N–H and O–H groups in total. The van der Waals surface area contributed by atoms with E-state index < -0.39 is 0 Å². The summed E-state index contributed by atoms with van der Waals surface area (Å²) in [7, 11) is 7.52. The molecule has 31 heavy (non-hydrogen) atoms. The van der Waals surface area contributed by atoms with Gasteiger partial charge < -0.3 is 19.7 Å². The lowest BCUT2D eigenvalue weighted by Crippen LogP contribution is -2.27. The molecule has 7 heteroatoms. The zero-order valence-electron chi connectivity index (χ0n) is 18.1. The Balaban J connectivity index is 1.67. The SMILES string of the molecule is COc1ccc(-c2csc3ncnc(NCC(c4ccccc4OC)N(C)C)c23)cc1. The second-order valence-electron chi connectivity index (χ2n) is 7.38. The van der Waals surface area contributed by atoms with Crippen molar-refractivity contribution in [2.75, 3.05) is 40.2 Å². The Bertz CT molecular complexity index is 1160. The molecule has 0 fully saturated rings. The van der Waals surface area contributed by atoms with E-state index in [4.69, 9.17) is 9.47 Å². The van der Waals surface area contributed by atoms with Crippen LogP contribution in [0.2, 0.25) is 0 Å². The largest absolute Gasteiger partial charge is 0.497 e. The fourth-order valence-corrected chi connectivity index (χ4v) is 4.61. The normalized spacial score (nSPS) is 12.2. The van der Waals surface area contributed by atoms with Crippen molar-refractivity contribution in [3.05, 3.63) is 65.8 Å². The number of ether oxygens (including phenoxy) is 2. The van der Waals surface area contributed by atoms with E-state index in [-0.39, 0.29) is 6.04 Å². The molecule has 0 aliphatic heterocycles. The predicted molar refractivity (Wildman–Crippen MR) is 127 cm³/mol. The van der Waals surface area contributed by atoms with Gasteiger partial charge in [-0.15, -0.1) is 11.3 Å². The van der Waals surface area contributed by atoms with Gasteiger partial charge in [0.15, 0.2) is 0 Å². The first-order valence-electron chi connectivity index (χ1n) is 10.0. The molecule has 1 atom stereocenters. The predicted octanol–water partition coefficient (Wildman–Crippen LogP) is 5.09. The molecular weight excluding hydrogens is 408 g/mol. The molecule has 0 aliphatic carbocycles. The van der Waals surface area contributed by atoms with Crippen molar-refractivity contribution in [2.45, 2.75) is 6.04 Å². The monoisotopic (exact) mass is 434 g/mol. The van der Waals surface area contributed by atoms with Crippen LogP contribution in [0.3, 0.4) is 0 Å². The van der Waals surface area contributed by atoms with Gasteiger partial charge in [0, 0.05) is 23.1 Å². The smallest absolute Gasteiger partial charge is 0.138 e. The number of methoxy groups -OCH3 is 2. The van der Waals surface area contributed by atoms with Gasteiger partial charge in [0.05, 0.1) is 25.6 Å². The molecule has 4 aromatic rings. The van der Waals surface area contributed by atoms with Crippen LogP contribution in [0, 0.1) is 0 Å². The number of hydrogen-bond acceptors (Lipinski definition) is 7. The Labute approximate surface area is 186 Å². The molecule has 0 saturated heterocycles. The van der Waals surface area contributed by atoms with Crippen LogP contribution in [-0.2, 0) is 0 Å². The highest BCUT2D eigenvalue weighted by atomic mass is 32.1. The Morgan fingerprint density at radius 2 is 1.77 bits per heavy atom. The molecule has 160 valence electrons. The van der Waals surface area contributed by atoms with Crippen LogP contribution < -0.4 is 14.8 Å². The molecule has 0 saturated carbocycles. The number of rotatable bonds is 8. The van der Waals surface area contributed by atoms with Crippen LogP contribution in [0.4, 0.5) is 5.82 Å². The number of nitrogens with zero attached hydrogens (tertiary/aromatic N) is 3. The Morgan fingerprint density at radius 3 is 2.48 bits per heavy atom. The van der Waals surface area contributed by atoms with Crippen molar-refractivity contribution in [3.63, 3.8) is 0 Å². The third-order valence-electron chi connectivity index (χ3n) is 5.36. The van der Waals surface area contributed by atoms with E-state index in [9.17, 15) is 0 Å². The summed E-state index contributed by atoms with van der Waals surface area (Å²) in [5, 5.41) is 6.74. The van der Waals surface area contributed by atoms with E-state index in [1.807, 2.05) is 30.3 Å². The Morgan fingerprint density at radius 1 is 1.00 bits per heavy atom. The minimum absolute atomic E-state index is 0.115. The summed E-state index contributed by atoms with van der Waals surface area (Å²) in [6, 6.07) is 16.3. The quantitative estimate of drug-likeness (QED) is 0.417. The topological polar surface area (TPSA) is 59.5 Å². The van der Waals surface area contributed by atoms with Crippen LogP contribution >= 0.6 is 11.3 Å². The van der Waals surface area contributed by atoms with Gasteiger partial charge >= 0.3 is 0 Å². The number of fused-ring (bicyclic) bond motifs is 1. The molecule has 0 bridgehead atoms. The standard InChI is InChI=1S/C24H26N4O2S/c1-28(2)20(18-7-5-6-8-21(18)30-4)13-25-23-22-19(14-31-24(22)27-15-26-23)16-9-11-17(29-3)12-10-16/h5-12,14-15,20H,13H2,1-4H3,(H,25,26,27). The van der Waals surface area contributed by atoms with Gasteiger partial charge in [0.2, 0.25) is 0 Å². The zero-order valence-corrected chi connectivity index (χ0v) is 18.9. The van der Waals surface area contributed by atoms with Crippen molar-refractivity contribution in [3.8, 4) is 22.6 Å². The number of hydrogen-bond donors (Lipinski definition) is 1. The number of para-hydroxylation sites is 1. The molecule has 2 aromatic heterocycles. The second-order valence-corrected chi connectivity index (χ2v) is 8.24. The summed E-state index contributed by atoms with van der Waals surface area (Å²) in [4.78, 5) is 12.2. The zero-order chi connectivity index (χ0) is 21.8. The summed E-state index contributed by atoms with van der Waals surface area (Å²) >= 11 is 1.62. The molecule has 2 heterocycles. The van der Waals surface area contributed by atoms with E-state index in [1.54, 1.807) is 31.9 Å². The van der Waals surface area contributed by atoms with Gasteiger partial charge in [-0.25, -0.2) is 9.97 Å². The number of benzene rings is 2. The molecule has 1 unspecified atom stereocenters. The van der Waals surface area contributed by atoms with Crippen molar-refractivity contribution in [1.29, 1.82) is 0 Å². The summed E-state index contributed by atoms with van der Waals surface area (Å²) in [5.41, 5.74) is 3.36. The number of anilines is 1. The second kappa shape index (κ2) is 9.32. The van der Waals surface area contributed by atoms with E-state index in [2.05, 4.69) is 57.9 Å². The van der Waals surface area contributed by atoms with Gasteiger partial charge in [0.1, 0.15) is 28.5 Å². The molecule has 0 amide bonds. The first-order valence-corrected chi connectivity index (χ1v) is 10.9. The first-order chi connectivity index (χ1) is 15.1. The fraction of sp³-hybridized carbons (Fsp3) is 0.250. The molecule has 4 rings (SSSR count). The highest BCUT2D eigenvalue weighted by Crippen LogP contribution is 2.37. The van der Waals surface area contributed by atoms with Gasteiger partial charge in [-0.05, 0) is 37.9 Å². The maximum Gasteiger partial charge on any atom is 0.138 e. The fourth-order valence-electron chi connectivity index (χ4n) is 3.70. The average molecular weight is 435 g/mol. The lowest BCUT2D eigenvalue weighted by molar-refractivity contribution is 0.300. The van der Waals surface area contributed by atoms with Crippen molar-refractivity contribution >= 4 is 27.4 Å². The van der Waals surface area contributed by atoms with Crippen LogP contribution in [0.1, 0.15) is 11.6 Å². The summed E-state index contributed by atoms with van der Waals surface area (Å²) in [6.45, 7) is 0.678. The Kier molecular flexibility index (Phi) is 6.34. The lowest BCUT2D eigenvalue weighted by Gasteiger charge is -2.27. The Hall–Kier alpha value is -3.16. The van der Waals surface area contributed by atoms with Gasteiger partial charge in [-0.2, -0.15) is 0 Å². The van der Waals surface area contributed by atoms with Gasteiger partial charge in [-0.3, -0.25) is 0 Å². The van der Waals surface area contributed by atoms with Crippen LogP contribution in [-0.4, -0.2) is 49.7 Å². The number of aromatic nitrogens is 2. The van der Waals surface area contributed by atoms with Crippen molar-refractivity contribution in [1.82, 2.24) is 14.9 Å².